The number of halogens is 2. The third kappa shape index (κ3) is 12.3. The van der Waals surface area contributed by atoms with E-state index in [1.807, 2.05) is 24.3 Å². The van der Waals surface area contributed by atoms with Gasteiger partial charge in [0, 0.05) is 31.8 Å². The molecule has 0 spiro atoms. The van der Waals surface area contributed by atoms with Gasteiger partial charge < -0.3 is 24.4 Å². The normalized spacial score (nSPS) is 12.6. The van der Waals surface area contributed by atoms with Crippen molar-refractivity contribution in [3.8, 4) is 0 Å². The first-order valence-electron chi connectivity index (χ1n) is 13.3. The minimum atomic E-state index is -1.09. The van der Waals surface area contributed by atoms with Crippen LogP contribution in [0.15, 0.2) is 48.5 Å². The number of rotatable bonds is 11. The monoisotopic (exact) mass is 590 g/mol. The maximum absolute atomic E-state index is 14.4. The number of amides is 2. The molecule has 41 heavy (non-hydrogen) atoms. The number of esters is 1. The van der Waals surface area contributed by atoms with Crippen LogP contribution >= 0.6 is 11.6 Å². The van der Waals surface area contributed by atoms with Gasteiger partial charge in [0.2, 0.25) is 5.91 Å². The summed E-state index contributed by atoms with van der Waals surface area (Å²) in [7, 11) is 1.61. The molecule has 2 aromatic rings. The molecular weight excluding hydrogens is 551 g/mol. The highest BCUT2D eigenvalue weighted by Crippen LogP contribution is 2.20. The molecule has 0 saturated heterocycles. The first-order chi connectivity index (χ1) is 19.1. The predicted octanol–water partition coefficient (Wildman–Crippen LogP) is 6.29. The standard InChI is InChI=1S/C31H40ClFN2O6/c1-30(2,3)40-28(37)25(34-29(38)41-31(4,5)6)17-18-35(19-21-11-13-22(14-12-21)20-39-7)26(36)16-15-23-9-8-10-24(32)27(23)33/h8-16,25H,17-20H2,1-7H3,(H,34,38)/b16-15+/t25-/m0/s1. The van der Waals surface area contributed by atoms with Crippen LogP contribution in [0.25, 0.3) is 6.08 Å². The van der Waals surface area contributed by atoms with Crippen molar-refractivity contribution < 1.29 is 33.0 Å². The molecule has 1 N–H and O–H groups in total. The first-order valence-corrected chi connectivity index (χ1v) is 13.7. The smallest absolute Gasteiger partial charge is 0.408 e. The summed E-state index contributed by atoms with van der Waals surface area (Å²) < 4.78 is 30.4. The number of nitrogens with zero attached hydrogens (tertiary/aromatic N) is 1. The molecule has 2 aromatic carbocycles. The van der Waals surface area contributed by atoms with Gasteiger partial charge in [0.05, 0.1) is 11.6 Å². The SMILES string of the molecule is COCc1ccc(CN(CC[C@H](NC(=O)OC(C)(C)C)C(=O)OC(C)(C)C)C(=O)/C=C/c2cccc(Cl)c2F)cc1. The number of carbonyl (C=O) groups excluding carboxylic acids is 3. The van der Waals surface area contributed by atoms with Crippen molar-refractivity contribution in [2.75, 3.05) is 13.7 Å². The molecule has 0 fully saturated rings. The molecule has 0 heterocycles. The number of alkyl carbamates (subject to hydrolysis) is 1. The quantitative estimate of drug-likeness (QED) is 0.244. The summed E-state index contributed by atoms with van der Waals surface area (Å²) in [5.41, 5.74) is 0.383. The molecule has 8 nitrogen and oxygen atoms in total. The summed E-state index contributed by atoms with van der Waals surface area (Å²) in [6.45, 7) is 11.0. The van der Waals surface area contributed by atoms with Crippen LogP contribution in [0.4, 0.5) is 9.18 Å². The van der Waals surface area contributed by atoms with Crippen molar-refractivity contribution in [2.24, 2.45) is 0 Å². The van der Waals surface area contributed by atoms with Crippen LogP contribution < -0.4 is 5.32 Å². The number of hydrogen-bond acceptors (Lipinski definition) is 6. The molecule has 0 aliphatic heterocycles. The number of nitrogens with one attached hydrogen (secondary N) is 1. The van der Waals surface area contributed by atoms with Crippen molar-refractivity contribution in [3.63, 3.8) is 0 Å². The fraction of sp³-hybridized carbons (Fsp3) is 0.452. The summed E-state index contributed by atoms with van der Waals surface area (Å²) in [5.74, 6) is -1.72. The van der Waals surface area contributed by atoms with E-state index in [1.165, 1.54) is 29.2 Å². The van der Waals surface area contributed by atoms with Crippen molar-refractivity contribution in [3.05, 3.63) is 76.1 Å². The van der Waals surface area contributed by atoms with E-state index in [0.29, 0.717) is 6.61 Å². The molecule has 0 aliphatic carbocycles. The predicted molar refractivity (Wildman–Crippen MR) is 157 cm³/mol. The van der Waals surface area contributed by atoms with E-state index in [4.69, 9.17) is 25.8 Å². The average molecular weight is 591 g/mol. The third-order valence-electron chi connectivity index (χ3n) is 5.48. The lowest BCUT2D eigenvalue weighted by molar-refractivity contribution is -0.158. The average Bonchev–Trinajstić information content (AvgIpc) is 2.85. The molecule has 0 saturated carbocycles. The van der Waals surface area contributed by atoms with E-state index in [-0.39, 0.29) is 30.1 Å². The van der Waals surface area contributed by atoms with E-state index in [2.05, 4.69) is 5.32 Å². The van der Waals surface area contributed by atoms with Crippen LogP contribution in [-0.2, 0) is 37.0 Å². The fourth-order valence-electron chi connectivity index (χ4n) is 3.67. The highest BCUT2D eigenvalue weighted by molar-refractivity contribution is 6.30. The van der Waals surface area contributed by atoms with Crippen LogP contribution in [0.1, 0.15) is 64.7 Å². The molecule has 2 amide bonds. The Bertz CT molecular complexity index is 1220. The summed E-state index contributed by atoms with van der Waals surface area (Å²) in [4.78, 5) is 40.4. The second-order valence-electron chi connectivity index (χ2n) is 11.5. The second kappa shape index (κ2) is 15.0. The van der Waals surface area contributed by atoms with E-state index in [1.54, 1.807) is 54.7 Å². The lowest BCUT2D eigenvalue weighted by atomic mass is 10.1. The lowest BCUT2D eigenvalue weighted by Gasteiger charge is -2.28. The Morgan fingerprint density at radius 2 is 1.59 bits per heavy atom. The summed E-state index contributed by atoms with van der Waals surface area (Å²) in [6, 6.07) is 11.0. The van der Waals surface area contributed by atoms with Gasteiger partial charge in [0.15, 0.2) is 0 Å². The maximum atomic E-state index is 14.4. The minimum absolute atomic E-state index is 0.0427. The molecule has 0 aromatic heterocycles. The maximum Gasteiger partial charge on any atom is 0.408 e. The Hall–Kier alpha value is -3.43. The topological polar surface area (TPSA) is 94.2 Å². The number of ether oxygens (including phenoxy) is 3. The molecular formula is C31H40ClFN2O6. The molecule has 224 valence electrons. The van der Waals surface area contributed by atoms with Crippen LogP contribution in [0.3, 0.4) is 0 Å². The van der Waals surface area contributed by atoms with Gasteiger partial charge in [-0.2, -0.15) is 0 Å². The van der Waals surface area contributed by atoms with Gasteiger partial charge in [-0.3, -0.25) is 4.79 Å². The van der Waals surface area contributed by atoms with Crippen molar-refractivity contribution >= 4 is 35.6 Å². The zero-order chi connectivity index (χ0) is 30.8. The van der Waals surface area contributed by atoms with Crippen LogP contribution in [-0.4, -0.2) is 53.8 Å². The van der Waals surface area contributed by atoms with Gasteiger partial charge >= 0.3 is 12.1 Å². The summed E-state index contributed by atoms with van der Waals surface area (Å²) in [5, 5.41) is 2.52. The molecule has 0 radical (unpaired) electrons. The zero-order valence-corrected chi connectivity index (χ0v) is 25.5. The van der Waals surface area contributed by atoms with Gasteiger partial charge in [0.1, 0.15) is 23.1 Å². The van der Waals surface area contributed by atoms with E-state index < -0.39 is 41.0 Å². The van der Waals surface area contributed by atoms with Gasteiger partial charge in [-0.15, -0.1) is 0 Å². The van der Waals surface area contributed by atoms with Crippen LogP contribution in [0, 0.1) is 5.82 Å². The minimum Gasteiger partial charge on any atom is -0.458 e. The zero-order valence-electron chi connectivity index (χ0n) is 24.8. The molecule has 2 rings (SSSR count). The van der Waals surface area contributed by atoms with Gasteiger partial charge in [-0.05, 0) is 71.2 Å². The molecule has 0 bridgehead atoms. The van der Waals surface area contributed by atoms with Crippen LogP contribution in [0.2, 0.25) is 5.02 Å². The second-order valence-corrected chi connectivity index (χ2v) is 11.9. The van der Waals surface area contributed by atoms with E-state index in [0.717, 1.165) is 11.1 Å². The molecule has 1 atom stereocenters. The largest absolute Gasteiger partial charge is 0.458 e. The van der Waals surface area contributed by atoms with Crippen LogP contribution in [0.5, 0.6) is 0 Å². The highest BCUT2D eigenvalue weighted by atomic mass is 35.5. The van der Waals surface area contributed by atoms with Gasteiger partial charge in [-0.1, -0.05) is 48.0 Å². The highest BCUT2D eigenvalue weighted by Gasteiger charge is 2.29. The Morgan fingerprint density at radius 1 is 0.976 bits per heavy atom. The number of carbonyl (C=O) groups is 3. The fourth-order valence-corrected chi connectivity index (χ4v) is 3.85. The van der Waals surface area contributed by atoms with E-state index in [9.17, 15) is 18.8 Å². The molecule has 0 aliphatic rings. The van der Waals surface area contributed by atoms with Crippen molar-refractivity contribution in [2.45, 2.75) is 78.4 Å². The van der Waals surface area contributed by atoms with Gasteiger partial charge in [-0.25, -0.2) is 14.0 Å². The Labute approximate surface area is 246 Å². The van der Waals surface area contributed by atoms with E-state index >= 15 is 0 Å². The summed E-state index contributed by atoms with van der Waals surface area (Å²) >= 11 is 5.87. The van der Waals surface area contributed by atoms with Crippen molar-refractivity contribution in [1.82, 2.24) is 10.2 Å². The Morgan fingerprint density at radius 3 is 2.17 bits per heavy atom. The number of benzene rings is 2. The lowest BCUT2D eigenvalue weighted by Crippen LogP contribution is -2.47. The number of methoxy groups -OCH3 is 1. The Balaban J connectivity index is 2.31. The Kier molecular flexibility index (Phi) is 12.3. The molecule has 0 unspecified atom stereocenters. The third-order valence-corrected chi connectivity index (χ3v) is 5.77. The number of hydrogen-bond donors (Lipinski definition) is 1. The summed E-state index contributed by atoms with van der Waals surface area (Å²) in [6.07, 6.45) is 1.86. The molecule has 10 heteroatoms. The van der Waals surface area contributed by atoms with Crippen molar-refractivity contribution in [1.29, 1.82) is 0 Å². The van der Waals surface area contributed by atoms with Gasteiger partial charge in [0.25, 0.3) is 0 Å². The first kappa shape index (κ1) is 33.8.